The highest BCUT2D eigenvalue weighted by Crippen LogP contribution is 2.43. The van der Waals surface area contributed by atoms with Crippen molar-refractivity contribution in [3.8, 4) is 0 Å². The largest absolute Gasteiger partial charge is 0.365 e. The molecule has 2 unspecified atom stereocenters. The summed E-state index contributed by atoms with van der Waals surface area (Å²) >= 11 is 0. The van der Waals surface area contributed by atoms with Gasteiger partial charge in [0.1, 0.15) is 5.82 Å². The zero-order chi connectivity index (χ0) is 12.7. The lowest BCUT2D eigenvalue weighted by atomic mass is 10.3. The Balaban J connectivity index is 1.63. The first-order chi connectivity index (χ1) is 8.66. The van der Waals surface area contributed by atoms with Crippen LogP contribution in [-0.2, 0) is 0 Å². The van der Waals surface area contributed by atoms with Gasteiger partial charge in [0.25, 0.3) is 5.91 Å². The van der Waals surface area contributed by atoms with Gasteiger partial charge in [-0.1, -0.05) is 0 Å². The molecule has 1 amide bonds. The average Bonchev–Trinajstić information content (AvgIpc) is 2.82. The molecule has 1 aromatic rings. The molecule has 1 saturated heterocycles. The normalized spacial score (nSPS) is 28.7. The van der Waals surface area contributed by atoms with Crippen LogP contribution in [0.1, 0.15) is 10.5 Å². The first-order valence-electron chi connectivity index (χ1n) is 6.19. The van der Waals surface area contributed by atoms with Gasteiger partial charge in [-0.25, -0.2) is 0 Å². The number of carbonyl (C=O) groups excluding carboxylic acids is 1. The molecule has 0 radical (unpaired) electrons. The topological polar surface area (TPSA) is 70.2 Å². The zero-order valence-electron chi connectivity index (χ0n) is 10.6. The molecule has 1 aromatic heterocycles. The summed E-state index contributed by atoms with van der Waals surface area (Å²) in [5, 5.41) is 14.7. The molecule has 2 aliphatic rings. The summed E-state index contributed by atoms with van der Waals surface area (Å²) in [5.41, 5.74) is 0.378. The van der Waals surface area contributed by atoms with E-state index in [0.717, 1.165) is 30.7 Å². The van der Waals surface area contributed by atoms with E-state index in [4.69, 9.17) is 0 Å². The molecule has 0 spiro atoms. The molecule has 2 fully saturated rings. The minimum absolute atomic E-state index is 0.124. The van der Waals surface area contributed by atoms with Crippen molar-refractivity contribution in [2.24, 2.45) is 11.8 Å². The predicted octanol–water partition coefficient (Wildman–Crippen LogP) is -0.192. The summed E-state index contributed by atoms with van der Waals surface area (Å²) in [6.45, 7) is 2.18. The number of hydrogen-bond acceptors (Lipinski definition) is 5. The van der Waals surface area contributed by atoms with E-state index < -0.39 is 0 Å². The van der Waals surface area contributed by atoms with Gasteiger partial charge < -0.3 is 15.5 Å². The number of nitrogens with one attached hydrogen (secondary N) is 2. The minimum Gasteiger partial charge on any atom is -0.365 e. The highest BCUT2D eigenvalue weighted by Gasteiger charge is 2.53. The van der Waals surface area contributed by atoms with Crippen LogP contribution in [0.5, 0.6) is 0 Å². The molecule has 1 aliphatic carbocycles. The molecule has 2 atom stereocenters. The van der Waals surface area contributed by atoms with E-state index in [-0.39, 0.29) is 5.91 Å². The lowest BCUT2D eigenvalue weighted by Crippen LogP contribution is -2.24. The number of amides is 1. The highest BCUT2D eigenvalue weighted by atomic mass is 16.2. The van der Waals surface area contributed by atoms with E-state index in [0.29, 0.717) is 11.7 Å². The summed E-state index contributed by atoms with van der Waals surface area (Å²) in [4.78, 5) is 13.1. The SMILES string of the molecule is CN(C)C(=O)c1ccc(NC2C3CNCC32)nn1. The average molecular weight is 247 g/mol. The monoisotopic (exact) mass is 247 g/mol. The van der Waals surface area contributed by atoms with Crippen LogP contribution in [0.2, 0.25) is 0 Å². The lowest BCUT2D eigenvalue weighted by molar-refractivity contribution is 0.0821. The molecule has 3 rings (SSSR count). The summed E-state index contributed by atoms with van der Waals surface area (Å²) in [6.07, 6.45) is 0. The number of nitrogens with zero attached hydrogens (tertiary/aromatic N) is 3. The van der Waals surface area contributed by atoms with Crippen molar-refractivity contribution in [1.29, 1.82) is 0 Å². The van der Waals surface area contributed by atoms with Crippen LogP contribution >= 0.6 is 0 Å². The van der Waals surface area contributed by atoms with Crippen molar-refractivity contribution in [1.82, 2.24) is 20.4 Å². The van der Waals surface area contributed by atoms with E-state index in [1.807, 2.05) is 6.07 Å². The van der Waals surface area contributed by atoms with Gasteiger partial charge in [-0.05, 0) is 24.0 Å². The Hall–Kier alpha value is -1.69. The van der Waals surface area contributed by atoms with Crippen LogP contribution in [0.15, 0.2) is 12.1 Å². The number of fused-ring (bicyclic) bond motifs is 1. The number of piperidine rings is 1. The van der Waals surface area contributed by atoms with Crippen molar-refractivity contribution in [2.45, 2.75) is 6.04 Å². The van der Waals surface area contributed by atoms with E-state index >= 15 is 0 Å². The smallest absolute Gasteiger partial charge is 0.273 e. The van der Waals surface area contributed by atoms with Gasteiger partial charge in [-0.15, -0.1) is 10.2 Å². The maximum atomic E-state index is 11.6. The molecule has 1 aliphatic heterocycles. The third-order valence-electron chi connectivity index (χ3n) is 3.70. The van der Waals surface area contributed by atoms with Crippen LogP contribution in [0, 0.1) is 11.8 Å². The Morgan fingerprint density at radius 3 is 2.61 bits per heavy atom. The van der Waals surface area contributed by atoms with E-state index in [2.05, 4.69) is 20.8 Å². The van der Waals surface area contributed by atoms with Crippen molar-refractivity contribution in [2.75, 3.05) is 32.5 Å². The second kappa shape index (κ2) is 4.20. The molecule has 6 nitrogen and oxygen atoms in total. The first-order valence-corrected chi connectivity index (χ1v) is 6.19. The molecule has 0 aromatic carbocycles. The van der Waals surface area contributed by atoms with Gasteiger partial charge in [0, 0.05) is 33.2 Å². The number of hydrogen-bond donors (Lipinski definition) is 2. The fourth-order valence-corrected chi connectivity index (χ4v) is 2.56. The van der Waals surface area contributed by atoms with Crippen LogP contribution in [0.3, 0.4) is 0 Å². The van der Waals surface area contributed by atoms with Gasteiger partial charge in [-0.2, -0.15) is 0 Å². The van der Waals surface area contributed by atoms with E-state index in [9.17, 15) is 4.79 Å². The van der Waals surface area contributed by atoms with Crippen LogP contribution in [0.25, 0.3) is 0 Å². The summed E-state index contributed by atoms with van der Waals surface area (Å²) in [7, 11) is 3.41. The van der Waals surface area contributed by atoms with Crippen LogP contribution in [-0.4, -0.2) is 54.2 Å². The number of carbonyl (C=O) groups is 1. The van der Waals surface area contributed by atoms with Gasteiger partial charge >= 0.3 is 0 Å². The molecule has 2 N–H and O–H groups in total. The quantitative estimate of drug-likeness (QED) is 0.774. The predicted molar refractivity (Wildman–Crippen MR) is 67.3 cm³/mol. The molecule has 2 heterocycles. The molecular weight excluding hydrogens is 230 g/mol. The second-order valence-corrected chi connectivity index (χ2v) is 5.16. The summed E-state index contributed by atoms with van der Waals surface area (Å²) in [5.74, 6) is 2.09. The molecule has 18 heavy (non-hydrogen) atoms. The third-order valence-corrected chi connectivity index (χ3v) is 3.70. The van der Waals surface area contributed by atoms with Crippen molar-refractivity contribution >= 4 is 11.7 Å². The maximum absolute atomic E-state index is 11.6. The van der Waals surface area contributed by atoms with E-state index in [1.54, 1.807) is 20.2 Å². The van der Waals surface area contributed by atoms with Gasteiger partial charge in [0.2, 0.25) is 0 Å². The highest BCUT2D eigenvalue weighted by molar-refractivity contribution is 5.91. The van der Waals surface area contributed by atoms with Gasteiger partial charge in [-0.3, -0.25) is 4.79 Å². The Bertz CT molecular complexity index is 448. The molecule has 6 heteroatoms. The first kappa shape index (κ1) is 11.4. The molecule has 1 saturated carbocycles. The van der Waals surface area contributed by atoms with Crippen molar-refractivity contribution < 1.29 is 4.79 Å². The molecular formula is C12H17N5O. The van der Waals surface area contributed by atoms with Gasteiger partial charge in [0.05, 0.1) is 0 Å². The molecule has 0 bridgehead atoms. The third kappa shape index (κ3) is 1.92. The fourth-order valence-electron chi connectivity index (χ4n) is 2.56. The summed E-state index contributed by atoms with van der Waals surface area (Å²) in [6, 6.07) is 4.06. The number of aromatic nitrogens is 2. The zero-order valence-corrected chi connectivity index (χ0v) is 10.6. The lowest BCUT2D eigenvalue weighted by Gasteiger charge is -2.10. The van der Waals surface area contributed by atoms with E-state index in [1.165, 1.54) is 4.90 Å². The summed E-state index contributed by atoms with van der Waals surface area (Å²) < 4.78 is 0. The number of rotatable bonds is 3. The Labute approximate surface area is 106 Å². The van der Waals surface area contributed by atoms with Crippen LogP contribution < -0.4 is 10.6 Å². The van der Waals surface area contributed by atoms with Crippen molar-refractivity contribution in [3.63, 3.8) is 0 Å². The standard InChI is InChI=1S/C12H17N5O/c1-17(2)12(18)9-3-4-10(16-15-9)14-11-7-5-13-6-8(7)11/h3-4,7-8,11,13H,5-6H2,1-2H3,(H,14,16). The van der Waals surface area contributed by atoms with Crippen LogP contribution in [0.4, 0.5) is 5.82 Å². The van der Waals surface area contributed by atoms with Gasteiger partial charge in [0.15, 0.2) is 5.69 Å². The maximum Gasteiger partial charge on any atom is 0.273 e. The second-order valence-electron chi connectivity index (χ2n) is 5.16. The number of anilines is 1. The Morgan fingerprint density at radius 2 is 2.06 bits per heavy atom. The minimum atomic E-state index is -0.124. The Kier molecular flexibility index (Phi) is 2.66. The van der Waals surface area contributed by atoms with Crippen molar-refractivity contribution in [3.05, 3.63) is 17.8 Å². The fraction of sp³-hybridized carbons (Fsp3) is 0.583. The molecule has 96 valence electrons. The Morgan fingerprint density at radius 1 is 1.33 bits per heavy atom.